The topological polar surface area (TPSA) is 105 Å². The van der Waals surface area contributed by atoms with E-state index in [-0.39, 0.29) is 0 Å². The molecule has 2 aliphatic rings. The number of aromatic nitrogens is 2. The molecule has 1 atom stereocenters. The van der Waals surface area contributed by atoms with E-state index in [9.17, 15) is 4.79 Å². The number of carbonyl (C=O) groups is 1. The molecule has 8 nitrogen and oxygen atoms in total. The highest BCUT2D eigenvalue weighted by Crippen LogP contribution is 2.36. The first-order chi connectivity index (χ1) is 12.1. The van der Waals surface area contributed by atoms with Gasteiger partial charge in [-0.15, -0.1) is 0 Å². The van der Waals surface area contributed by atoms with Gasteiger partial charge in [0.2, 0.25) is 5.95 Å². The summed E-state index contributed by atoms with van der Waals surface area (Å²) < 4.78 is 5.92. The van der Waals surface area contributed by atoms with Gasteiger partial charge in [-0.05, 0) is 19.1 Å². The maximum absolute atomic E-state index is 11.3. The number of piperazine rings is 1. The molecule has 0 bridgehead atoms. The van der Waals surface area contributed by atoms with Gasteiger partial charge in [0.25, 0.3) is 5.91 Å². The van der Waals surface area contributed by atoms with E-state index in [0.29, 0.717) is 29.9 Å². The summed E-state index contributed by atoms with van der Waals surface area (Å²) in [5.74, 6) is 0.740. The summed E-state index contributed by atoms with van der Waals surface area (Å²) in [4.78, 5) is 22.1. The zero-order valence-electron chi connectivity index (χ0n) is 14.0. The fourth-order valence-electron chi connectivity index (χ4n) is 3.26. The second kappa shape index (κ2) is 6.21. The molecule has 3 heterocycles. The molecule has 1 amide bonds. The summed E-state index contributed by atoms with van der Waals surface area (Å²) in [6.45, 7) is 5.30. The summed E-state index contributed by atoms with van der Waals surface area (Å²) in [7, 11) is 0. The Morgan fingerprint density at radius 2 is 2.36 bits per heavy atom. The summed E-state index contributed by atoms with van der Waals surface area (Å²) in [6.07, 6.45) is 1.44. The van der Waals surface area contributed by atoms with Gasteiger partial charge in [-0.2, -0.15) is 0 Å². The van der Waals surface area contributed by atoms with Crippen molar-refractivity contribution < 1.29 is 9.53 Å². The molecule has 0 radical (unpaired) electrons. The van der Waals surface area contributed by atoms with E-state index < -0.39 is 5.91 Å². The van der Waals surface area contributed by atoms with Gasteiger partial charge in [0.1, 0.15) is 12.4 Å². The SMILES string of the molecule is Cc1nc(Nc2ccc3c(c2)OC[C@H]2CNCCN32)ncc1C(N)=O. The van der Waals surface area contributed by atoms with Gasteiger partial charge in [-0.3, -0.25) is 4.79 Å². The maximum Gasteiger partial charge on any atom is 0.252 e. The molecule has 8 heteroatoms. The number of nitrogens with one attached hydrogen (secondary N) is 2. The number of benzene rings is 1. The summed E-state index contributed by atoms with van der Waals surface area (Å²) in [5, 5.41) is 6.54. The minimum absolute atomic E-state index is 0.323. The lowest BCUT2D eigenvalue weighted by atomic mass is 10.1. The number of fused-ring (bicyclic) bond motifs is 3. The van der Waals surface area contributed by atoms with Gasteiger partial charge in [-0.1, -0.05) is 0 Å². The van der Waals surface area contributed by atoms with E-state index in [2.05, 4.69) is 31.6 Å². The van der Waals surface area contributed by atoms with Gasteiger partial charge in [-0.25, -0.2) is 9.97 Å². The van der Waals surface area contributed by atoms with Crippen LogP contribution in [0.5, 0.6) is 5.75 Å². The molecule has 4 N–H and O–H groups in total. The van der Waals surface area contributed by atoms with Crippen molar-refractivity contribution in [2.24, 2.45) is 5.73 Å². The monoisotopic (exact) mass is 340 g/mol. The minimum Gasteiger partial charge on any atom is -0.489 e. The predicted molar refractivity (Wildman–Crippen MR) is 94.5 cm³/mol. The summed E-state index contributed by atoms with van der Waals surface area (Å²) in [6, 6.07) is 6.37. The Kier molecular flexibility index (Phi) is 3.89. The van der Waals surface area contributed by atoms with Crippen molar-refractivity contribution in [2.75, 3.05) is 36.5 Å². The Morgan fingerprint density at radius 3 is 3.16 bits per heavy atom. The Balaban J connectivity index is 1.56. The van der Waals surface area contributed by atoms with E-state index >= 15 is 0 Å². The number of rotatable bonds is 3. The maximum atomic E-state index is 11.3. The van der Waals surface area contributed by atoms with E-state index in [4.69, 9.17) is 10.5 Å². The molecule has 1 aromatic carbocycles. The Labute approximate surface area is 145 Å². The lowest BCUT2D eigenvalue weighted by molar-refractivity contribution is 0.0999. The fraction of sp³-hybridized carbons (Fsp3) is 0.353. The third kappa shape index (κ3) is 2.96. The Morgan fingerprint density at radius 1 is 1.48 bits per heavy atom. The molecular weight excluding hydrogens is 320 g/mol. The second-order valence-electron chi connectivity index (χ2n) is 6.23. The first kappa shape index (κ1) is 15.6. The third-order valence-corrected chi connectivity index (χ3v) is 4.55. The second-order valence-corrected chi connectivity index (χ2v) is 6.23. The van der Waals surface area contributed by atoms with Crippen LogP contribution in [0.25, 0.3) is 0 Å². The molecule has 1 fully saturated rings. The normalized spacial score (nSPS) is 18.8. The van der Waals surface area contributed by atoms with Crippen LogP contribution in [-0.4, -0.2) is 48.2 Å². The van der Waals surface area contributed by atoms with Crippen molar-refractivity contribution in [1.82, 2.24) is 15.3 Å². The molecule has 0 saturated carbocycles. The number of primary amides is 1. The molecule has 2 aromatic rings. The van der Waals surface area contributed by atoms with Crippen LogP contribution in [0.1, 0.15) is 16.1 Å². The fourth-order valence-corrected chi connectivity index (χ4v) is 3.26. The van der Waals surface area contributed by atoms with Crippen molar-refractivity contribution in [2.45, 2.75) is 13.0 Å². The predicted octanol–water partition coefficient (Wildman–Crippen LogP) is 0.798. The molecular formula is C17H20N6O2. The van der Waals surface area contributed by atoms with Gasteiger partial charge in [0.15, 0.2) is 0 Å². The van der Waals surface area contributed by atoms with Crippen molar-refractivity contribution in [3.8, 4) is 5.75 Å². The highest BCUT2D eigenvalue weighted by atomic mass is 16.5. The number of amides is 1. The zero-order valence-corrected chi connectivity index (χ0v) is 14.0. The number of carbonyl (C=O) groups excluding carboxylic acids is 1. The number of hydrogen-bond acceptors (Lipinski definition) is 7. The van der Waals surface area contributed by atoms with Gasteiger partial charge >= 0.3 is 0 Å². The quantitative estimate of drug-likeness (QED) is 0.759. The van der Waals surface area contributed by atoms with Crippen LogP contribution in [0.2, 0.25) is 0 Å². The molecule has 130 valence electrons. The highest BCUT2D eigenvalue weighted by molar-refractivity contribution is 5.93. The number of nitrogens with two attached hydrogens (primary N) is 1. The molecule has 25 heavy (non-hydrogen) atoms. The van der Waals surface area contributed by atoms with Gasteiger partial charge in [0.05, 0.1) is 23.0 Å². The number of anilines is 3. The average Bonchev–Trinajstić information content (AvgIpc) is 2.61. The number of aryl methyl sites for hydroxylation is 1. The van der Waals surface area contributed by atoms with E-state index in [0.717, 1.165) is 36.8 Å². The lowest BCUT2D eigenvalue weighted by Crippen LogP contribution is -2.55. The van der Waals surface area contributed by atoms with Crippen LogP contribution in [0.4, 0.5) is 17.3 Å². The molecule has 4 rings (SSSR count). The number of ether oxygens (including phenoxy) is 1. The van der Waals surface area contributed by atoms with E-state index in [1.807, 2.05) is 12.1 Å². The van der Waals surface area contributed by atoms with Crippen LogP contribution in [-0.2, 0) is 0 Å². The molecule has 1 aromatic heterocycles. The average molecular weight is 340 g/mol. The van der Waals surface area contributed by atoms with Crippen molar-refractivity contribution in [3.05, 3.63) is 35.7 Å². The lowest BCUT2D eigenvalue weighted by Gasteiger charge is -2.42. The number of nitrogens with zero attached hydrogens (tertiary/aromatic N) is 3. The molecule has 0 spiro atoms. The highest BCUT2D eigenvalue weighted by Gasteiger charge is 2.29. The van der Waals surface area contributed by atoms with Crippen LogP contribution < -0.4 is 26.0 Å². The van der Waals surface area contributed by atoms with Crippen LogP contribution in [0, 0.1) is 6.92 Å². The molecule has 0 unspecified atom stereocenters. The molecule has 1 saturated heterocycles. The van der Waals surface area contributed by atoms with Crippen molar-refractivity contribution in [3.63, 3.8) is 0 Å². The standard InChI is InChI=1S/C17H20N6O2/c1-10-13(16(18)24)8-20-17(21-10)22-11-2-3-14-15(6-11)25-9-12-7-19-4-5-23(12)14/h2-3,6,8,12,19H,4-5,7,9H2,1H3,(H2,18,24)(H,20,21,22)/t12-/m1/s1. The van der Waals surface area contributed by atoms with Crippen molar-refractivity contribution in [1.29, 1.82) is 0 Å². The minimum atomic E-state index is -0.531. The van der Waals surface area contributed by atoms with Crippen LogP contribution in [0.15, 0.2) is 24.4 Å². The van der Waals surface area contributed by atoms with E-state index in [1.165, 1.54) is 6.20 Å². The van der Waals surface area contributed by atoms with E-state index in [1.54, 1.807) is 6.92 Å². The van der Waals surface area contributed by atoms with Gasteiger partial charge in [0, 0.05) is 37.6 Å². The largest absolute Gasteiger partial charge is 0.489 e. The Bertz CT molecular complexity index is 825. The molecule has 0 aliphatic carbocycles. The summed E-state index contributed by atoms with van der Waals surface area (Å²) >= 11 is 0. The van der Waals surface area contributed by atoms with Crippen LogP contribution >= 0.6 is 0 Å². The zero-order chi connectivity index (χ0) is 17.4. The first-order valence-electron chi connectivity index (χ1n) is 8.26. The molecule has 2 aliphatic heterocycles. The first-order valence-corrected chi connectivity index (χ1v) is 8.26. The Hall–Kier alpha value is -2.87. The summed E-state index contributed by atoms with van der Waals surface area (Å²) in [5.41, 5.74) is 8.10. The van der Waals surface area contributed by atoms with Gasteiger partial charge < -0.3 is 26.0 Å². The smallest absolute Gasteiger partial charge is 0.252 e. The van der Waals surface area contributed by atoms with Crippen LogP contribution in [0.3, 0.4) is 0 Å². The van der Waals surface area contributed by atoms with Crippen molar-refractivity contribution >= 4 is 23.2 Å². The third-order valence-electron chi connectivity index (χ3n) is 4.55. The number of hydrogen-bond donors (Lipinski definition) is 3.